The quantitative estimate of drug-likeness (QED) is 0.615. The number of unbranched alkanes of at least 4 members (excludes halogenated alkanes) is 1. The van der Waals surface area contributed by atoms with Crippen LogP contribution >= 0.6 is 23.4 Å². The molecule has 92 valence electrons. The maximum atomic E-state index is 8.42. The molecule has 0 atom stereocenters. The lowest BCUT2D eigenvalue weighted by atomic mass is 10.2. The van der Waals surface area contributed by atoms with Crippen molar-refractivity contribution in [3.63, 3.8) is 0 Å². The molecule has 0 saturated carbocycles. The van der Waals surface area contributed by atoms with Crippen molar-refractivity contribution in [2.75, 3.05) is 5.75 Å². The van der Waals surface area contributed by atoms with Crippen molar-refractivity contribution in [3.05, 3.63) is 29.3 Å². The van der Waals surface area contributed by atoms with Crippen molar-refractivity contribution in [1.29, 1.82) is 5.26 Å². The first-order chi connectivity index (χ1) is 8.79. The summed E-state index contributed by atoms with van der Waals surface area (Å²) < 4.78 is 5.50. The summed E-state index contributed by atoms with van der Waals surface area (Å²) in [4.78, 5) is 0. The highest BCUT2D eigenvalue weighted by Gasteiger charge is 2.08. The third-order valence-electron chi connectivity index (χ3n) is 2.16. The lowest BCUT2D eigenvalue weighted by Crippen LogP contribution is -1.78. The van der Waals surface area contributed by atoms with Crippen molar-refractivity contribution < 1.29 is 4.42 Å². The van der Waals surface area contributed by atoms with E-state index in [9.17, 15) is 0 Å². The zero-order chi connectivity index (χ0) is 12.8. The van der Waals surface area contributed by atoms with Gasteiger partial charge in [-0.1, -0.05) is 23.4 Å². The van der Waals surface area contributed by atoms with E-state index in [0.717, 1.165) is 17.7 Å². The summed E-state index contributed by atoms with van der Waals surface area (Å²) in [5.41, 5.74) is 0.843. The number of nitriles is 1. The van der Waals surface area contributed by atoms with Gasteiger partial charge in [0.05, 0.1) is 6.07 Å². The van der Waals surface area contributed by atoms with Crippen molar-refractivity contribution in [1.82, 2.24) is 10.2 Å². The monoisotopic (exact) mass is 279 g/mol. The largest absolute Gasteiger partial charge is 0.411 e. The van der Waals surface area contributed by atoms with Gasteiger partial charge in [-0.2, -0.15) is 5.26 Å². The number of hydrogen-bond acceptors (Lipinski definition) is 5. The summed E-state index contributed by atoms with van der Waals surface area (Å²) in [6, 6.07) is 9.32. The molecule has 0 aliphatic carbocycles. The molecule has 0 amide bonds. The second-order valence-electron chi connectivity index (χ2n) is 3.49. The van der Waals surface area contributed by atoms with Crippen LogP contribution in [0.3, 0.4) is 0 Å². The fraction of sp³-hybridized carbons (Fsp3) is 0.250. The number of thioether (sulfide) groups is 1. The molecule has 0 fully saturated rings. The Morgan fingerprint density at radius 1 is 1.28 bits per heavy atom. The second-order valence-corrected chi connectivity index (χ2v) is 4.97. The summed E-state index contributed by atoms with van der Waals surface area (Å²) in [5, 5.41) is 17.5. The number of rotatable bonds is 5. The Hall–Kier alpha value is -1.51. The van der Waals surface area contributed by atoms with Gasteiger partial charge in [0.2, 0.25) is 5.89 Å². The standard InChI is InChI=1S/C12H10ClN3OS/c13-10-5-3-9(4-6-10)11-15-16-12(17-11)18-8-2-1-7-14/h3-6H,1-2,8H2. The Labute approximate surface area is 114 Å². The molecule has 0 radical (unpaired) electrons. The van der Waals surface area contributed by atoms with Gasteiger partial charge in [-0.3, -0.25) is 0 Å². The van der Waals surface area contributed by atoms with Crippen LogP contribution in [-0.4, -0.2) is 16.0 Å². The highest BCUT2D eigenvalue weighted by molar-refractivity contribution is 7.99. The topological polar surface area (TPSA) is 62.7 Å². The van der Waals surface area contributed by atoms with Gasteiger partial charge in [0.15, 0.2) is 0 Å². The predicted octanol–water partition coefficient (Wildman–Crippen LogP) is 3.79. The van der Waals surface area contributed by atoms with Gasteiger partial charge in [0, 0.05) is 22.8 Å². The average molecular weight is 280 g/mol. The molecule has 0 aliphatic rings. The Morgan fingerprint density at radius 3 is 2.78 bits per heavy atom. The number of nitrogens with zero attached hydrogens (tertiary/aromatic N) is 3. The van der Waals surface area contributed by atoms with E-state index < -0.39 is 0 Å². The second kappa shape index (κ2) is 6.43. The SMILES string of the molecule is N#CCCCSc1nnc(-c2ccc(Cl)cc2)o1. The molecule has 1 heterocycles. The van der Waals surface area contributed by atoms with Crippen LogP contribution in [0.1, 0.15) is 12.8 Å². The fourth-order valence-electron chi connectivity index (χ4n) is 1.29. The third kappa shape index (κ3) is 3.49. The molecule has 0 spiro atoms. The van der Waals surface area contributed by atoms with E-state index in [1.807, 2.05) is 12.1 Å². The molecule has 2 rings (SSSR count). The van der Waals surface area contributed by atoms with E-state index in [-0.39, 0.29) is 0 Å². The highest BCUT2D eigenvalue weighted by atomic mass is 35.5. The Balaban J connectivity index is 1.97. The maximum Gasteiger partial charge on any atom is 0.276 e. The first-order valence-corrected chi connectivity index (χ1v) is 6.75. The molecule has 0 aliphatic heterocycles. The molecule has 1 aromatic heterocycles. The number of aromatic nitrogens is 2. The van der Waals surface area contributed by atoms with E-state index in [4.69, 9.17) is 21.3 Å². The van der Waals surface area contributed by atoms with Gasteiger partial charge in [0.25, 0.3) is 5.22 Å². The van der Waals surface area contributed by atoms with E-state index in [1.165, 1.54) is 11.8 Å². The van der Waals surface area contributed by atoms with E-state index in [0.29, 0.717) is 22.6 Å². The summed E-state index contributed by atoms with van der Waals surface area (Å²) in [6.45, 7) is 0. The smallest absolute Gasteiger partial charge is 0.276 e. The molecular formula is C12H10ClN3OS. The van der Waals surface area contributed by atoms with Crippen LogP contribution < -0.4 is 0 Å². The summed E-state index contributed by atoms with van der Waals surface area (Å²) in [7, 11) is 0. The van der Waals surface area contributed by atoms with E-state index in [1.54, 1.807) is 12.1 Å². The molecule has 18 heavy (non-hydrogen) atoms. The maximum absolute atomic E-state index is 8.42. The minimum absolute atomic E-state index is 0.481. The van der Waals surface area contributed by atoms with Crippen molar-refractivity contribution in [2.45, 2.75) is 18.1 Å². The zero-order valence-electron chi connectivity index (χ0n) is 9.47. The number of benzene rings is 1. The highest BCUT2D eigenvalue weighted by Crippen LogP contribution is 2.24. The van der Waals surface area contributed by atoms with Crippen LogP contribution in [0.5, 0.6) is 0 Å². The lowest BCUT2D eigenvalue weighted by Gasteiger charge is -1.94. The zero-order valence-corrected chi connectivity index (χ0v) is 11.0. The van der Waals surface area contributed by atoms with Crippen LogP contribution in [-0.2, 0) is 0 Å². The number of hydrogen-bond donors (Lipinski definition) is 0. The minimum Gasteiger partial charge on any atom is -0.411 e. The van der Waals surface area contributed by atoms with Gasteiger partial charge >= 0.3 is 0 Å². The van der Waals surface area contributed by atoms with Gasteiger partial charge in [-0.15, -0.1) is 10.2 Å². The fourth-order valence-corrected chi connectivity index (χ4v) is 2.11. The molecule has 0 bridgehead atoms. The van der Waals surface area contributed by atoms with Crippen molar-refractivity contribution >= 4 is 23.4 Å². The van der Waals surface area contributed by atoms with Crippen LogP contribution in [0.25, 0.3) is 11.5 Å². The Bertz CT molecular complexity index is 547. The Morgan fingerprint density at radius 2 is 2.06 bits per heavy atom. The minimum atomic E-state index is 0.481. The summed E-state index contributed by atoms with van der Waals surface area (Å²) in [6.07, 6.45) is 1.37. The van der Waals surface area contributed by atoms with E-state index >= 15 is 0 Å². The molecule has 1 aromatic carbocycles. The van der Waals surface area contributed by atoms with Crippen LogP contribution in [0.15, 0.2) is 33.9 Å². The van der Waals surface area contributed by atoms with Crippen LogP contribution in [0.2, 0.25) is 5.02 Å². The third-order valence-corrected chi connectivity index (χ3v) is 3.31. The van der Waals surface area contributed by atoms with Crippen molar-refractivity contribution in [3.8, 4) is 17.5 Å². The first-order valence-electron chi connectivity index (χ1n) is 5.39. The molecular weight excluding hydrogens is 270 g/mol. The lowest BCUT2D eigenvalue weighted by molar-refractivity contribution is 0.466. The van der Waals surface area contributed by atoms with Gasteiger partial charge in [0.1, 0.15) is 0 Å². The van der Waals surface area contributed by atoms with Gasteiger partial charge in [-0.05, 0) is 30.7 Å². The van der Waals surface area contributed by atoms with Crippen LogP contribution in [0.4, 0.5) is 0 Å². The van der Waals surface area contributed by atoms with Gasteiger partial charge < -0.3 is 4.42 Å². The molecule has 0 saturated heterocycles. The molecule has 0 unspecified atom stereocenters. The van der Waals surface area contributed by atoms with Crippen molar-refractivity contribution in [2.24, 2.45) is 0 Å². The summed E-state index contributed by atoms with van der Waals surface area (Å²) in [5.74, 6) is 1.28. The molecule has 2 aromatic rings. The molecule has 6 heteroatoms. The Kier molecular flexibility index (Phi) is 4.62. The van der Waals surface area contributed by atoms with E-state index in [2.05, 4.69) is 16.3 Å². The predicted molar refractivity (Wildman–Crippen MR) is 70.3 cm³/mol. The normalized spacial score (nSPS) is 10.2. The van der Waals surface area contributed by atoms with Gasteiger partial charge in [-0.25, -0.2) is 0 Å². The average Bonchev–Trinajstić information content (AvgIpc) is 2.84. The number of halogens is 1. The molecule has 4 nitrogen and oxygen atoms in total. The molecule has 0 N–H and O–H groups in total. The van der Waals surface area contributed by atoms with Crippen LogP contribution in [0, 0.1) is 11.3 Å². The summed E-state index contributed by atoms with van der Waals surface area (Å²) >= 11 is 7.27. The first kappa shape index (κ1) is 12.9.